The van der Waals surface area contributed by atoms with Gasteiger partial charge in [0, 0.05) is 16.5 Å². The molecule has 4 rings (SSSR count). The molecule has 1 aliphatic carbocycles. The molecule has 0 amide bonds. The smallest absolute Gasteiger partial charge is 0.338 e. The molecule has 1 fully saturated rings. The van der Waals surface area contributed by atoms with Crippen LogP contribution in [0.1, 0.15) is 55.5 Å². The monoisotopic (exact) mass is 410 g/mol. The maximum absolute atomic E-state index is 11.8. The van der Waals surface area contributed by atoms with Crippen molar-refractivity contribution in [2.24, 2.45) is 11.3 Å². The van der Waals surface area contributed by atoms with Gasteiger partial charge in [0.1, 0.15) is 6.61 Å². The van der Waals surface area contributed by atoms with E-state index in [1.807, 2.05) is 30.3 Å². The van der Waals surface area contributed by atoms with Gasteiger partial charge in [-0.05, 0) is 48.6 Å². The Morgan fingerprint density at radius 3 is 2.47 bits per heavy atom. The fourth-order valence-corrected chi connectivity index (χ4v) is 4.63. The number of hydrogen-bond acceptors (Lipinski definition) is 5. The largest absolute Gasteiger partial charge is 0.493 e. The molecule has 0 saturated heterocycles. The molecule has 1 heterocycles. The summed E-state index contributed by atoms with van der Waals surface area (Å²) in [6.45, 7) is 5.54. The Bertz CT molecular complexity index is 945. The zero-order valence-electron chi connectivity index (χ0n) is 18.2. The lowest BCUT2D eigenvalue weighted by molar-refractivity contribution is 0.00177. The van der Waals surface area contributed by atoms with Crippen molar-refractivity contribution in [1.82, 2.24) is 0 Å². The predicted molar refractivity (Wildman–Crippen MR) is 115 cm³/mol. The molecule has 2 aromatic rings. The lowest BCUT2D eigenvalue weighted by atomic mass is 9.61. The molecule has 160 valence electrons. The first-order valence-corrected chi connectivity index (χ1v) is 10.7. The van der Waals surface area contributed by atoms with E-state index in [-0.39, 0.29) is 11.4 Å². The van der Waals surface area contributed by atoms with E-state index < -0.39 is 0 Å². The van der Waals surface area contributed by atoms with Gasteiger partial charge in [0.2, 0.25) is 5.75 Å². The van der Waals surface area contributed by atoms with Crippen molar-refractivity contribution >= 4 is 5.97 Å². The predicted octanol–water partition coefficient (Wildman–Crippen LogP) is 5.64. The van der Waals surface area contributed by atoms with E-state index in [2.05, 4.69) is 13.8 Å². The number of methoxy groups -OCH3 is 2. The normalized spacial score (nSPS) is 17.5. The Kier molecular flexibility index (Phi) is 5.63. The number of rotatable bonds is 8. The van der Waals surface area contributed by atoms with Gasteiger partial charge in [0.15, 0.2) is 11.5 Å². The third-order valence-corrected chi connectivity index (χ3v) is 7.01. The average molecular weight is 411 g/mol. The van der Waals surface area contributed by atoms with Crippen molar-refractivity contribution in [2.75, 3.05) is 20.8 Å². The van der Waals surface area contributed by atoms with Crippen LogP contribution in [0.4, 0.5) is 0 Å². The van der Waals surface area contributed by atoms with Gasteiger partial charge < -0.3 is 18.9 Å². The van der Waals surface area contributed by atoms with Crippen molar-refractivity contribution in [3.8, 4) is 28.4 Å². The zero-order chi connectivity index (χ0) is 21.3. The van der Waals surface area contributed by atoms with Crippen LogP contribution in [0.3, 0.4) is 0 Å². The van der Waals surface area contributed by atoms with Crippen LogP contribution < -0.4 is 14.2 Å². The van der Waals surface area contributed by atoms with E-state index in [4.69, 9.17) is 18.9 Å². The molecule has 1 atom stereocenters. The van der Waals surface area contributed by atoms with Crippen LogP contribution in [0.5, 0.6) is 17.2 Å². The zero-order valence-corrected chi connectivity index (χ0v) is 18.2. The van der Waals surface area contributed by atoms with E-state index in [9.17, 15) is 4.79 Å². The van der Waals surface area contributed by atoms with E-state index in [1.165, 1.54) is 19.3 Å². The summed E-state index contributed by atoms with van der Waals surface area (Å²) in [6, 6.07) is 9.65. The van der Waals surface area contributed by atoms with Gasteiger partial charge in [-0.3, -0.25) is 0 Å². The highest BCUT2D eigenvalue weighted by molar-refractivity contribution is 5.94. The molecular formula is C25H30O5. The molecule has 0 spiro atoms. The fourth-order valence-electron chi connectivity index (χ4n) is 4.63. The Morgan fingerprint density at radius 1 is 1.07 bits per heavy atom. The number of ether oxygens (including phenoxy) is 4. The summed E-state index contributed by atoms with van der Waals surface area (Å²) in [7, 11) is 3.27. The molecular weight excluding hydrogens is 380 g/mol. The third kappa shape index (κ3) is 3.40. The molecule has 5 heteroatoms. The van der Waals surface area contributed by atoms with Gasteiger partial charge >= 0.3 is 5.97 Å². The number of carbonyl (C=O) groups is 1. The first-order chi connectivity index (χ1) is 14.5. The highest BCUT2D eigenvalue weighted by Gasteiger charge is 2.42. The maximum Gasteiger partial charge on any atom is 0.338 e. The molecule has 0 unspecified atom stereocenters. The molecule has 0 radical (unpaired) electrons. The molecule has 1 saturated carbocycles. The molecule has 0 aromatic heterocycles. The van der Waals surface area contributed by atoms with E-state index in [0.717, 1.165) is 23.1 Å². The standard InChI is InChI=1S/C25H30O5/c1-5-16(2)25(11-6-12-25)15-30-22-19(9-10-21(27-3)23(22)28-4)17-7-8-20-18(13-17)14-29-24(20)26/h7-10,13,16H,5-6,11-12,14-15H2,1-4H3/t16-/m1/s1. The number of cyclic esters (lactones) is 1. The Hall–Kier alpha value is -2.69. The van der Waals surface area contributed by atoms with Crippen LogP contribution in [0.15, 0.2) is 30.3 Å². The molecule has 1 aliphatic heterocycles. The second kappa shape index (κ2) is 8.21. The highest BCUT2D eigenvalue weighted by Crippen LogP contribution is 2.51. The second-order valence-corrected chi connectivity index (χ2v) is 8.44. The lowest BCUT2D eigenvalue weighted by Crippen LogP contribution is -2.41. The van der Waals surface area contributed by atoms with Gasteiger partial charge in [0.25, 0.3) is 0 Å². The van der Waals surface area contributed by atoms with Crippen molar-refractivity contribution in [3.63, 3.8) is 0 Å². The summed E-state index contributed by atoms with van der Waals surface area (Å²) in [4.78, 5) is 11.8. The van der Waals surface area contributed by atoms with Gasteiger partial charge in [-0.2, -0.15) is 0 Å². The van der Waals surface area contributed by atoms with Crippen molar-refractivity contribution in [1.29, 1.82) is 0 Å². The summed E-state index contributed by atoms with van der Waals surface area (Å²) < 4.78 is 22.9. The van der Waals surface area contributed by atoms with Crippen LogP contribution >= 0.6 is 0 Å². The SMILES string of the molecule is CC[C@@H](C)C1(COc2c(-c3ccc4c(c3)COC4=O)ccc(OC)c2OC)CCC1. The second-order valence-electron chi connectivity index (χ2n) is 8.44. The van der Waals surface area contributed by atoms with E-state index in [1.54, 1.807) is 14.2 Å². The lowest BCUT2D eigenvalue weighted by Gasteiger charge is -2.46. The number of benzene rings is 2. The first kappa shape index (κ1) is 20.6. The van der Waals surface area contributed by atoms with Gasteiger partial charge in [-0.1, -0.05) is 32.8 Å². The van der Waals surface area contributed by atoms with Crippen molar-refractivity contribution in [3.05, 3.63) is 41.5 Å². The molecule has 30 heavy (non-hydrogen) atoms. The number of esters is 1. The highest BCUT2D eigenvalue weighted by atomic mass is 16.5. The van der Waals surface area contributed by atoms with Crippen molar-refractivity contribution in [2.45, 2.75) is 46.1 Å². The molecule has 0 bridgehead atoms. The summed E-state index contributed by atoms with van der Waals surface area (Å²) in [5.41, 5.74) is 3.64. The van der Waals surface area contributed by atoms with E-state index >= 15 is 0 Å². The number of hydrogen-bond donors (Lipinski definition) is 0. The van der Waals surface area contributed by atoms with E-state index in [0.29, 0.717) is 41.9 Å². The summed E-state index contributed by atoms with van der Waals surface area (Å²) in [5, 5.41) is 0. The maximum atomic E-state index is 11.8. The van der Waals surface area contributed by atoms with Crippen molar-refractivity contribution < 1.29 is 23.7 Å². The Morgan fingerprint density at radius 2 is 1.83 bits per heavy atom. The van der Waals surface area contributed by atoms with Gasteiger partial charge in [-0.25, -0.2) is 4.79 Å². The van der Waals surface area contributed by atoms with Gasteiger partial charge in [0.05, 0.1) is 26.4 Å². The molecule has 0 N–H and O–H groups in total. The average Bonchev–Trinajstić information content (AvgIpc) is 3.12. The molecule has 2 aromatic carbocycles. The Labute approximate surface area is 178 Å². The van der Waals surface area contributed by atoms with Crippen LogP contribution in [0, 0.1) is 11.3 Å². The Balaban J connectivity index is 1.73. The molecule has 2 aliphatic rings. The van der Waals surface area contributed by atoms with Crippen LogP contribution in [0.25, 0.3) is 11.1 Å². The topological polar surface area (TPSA) is 54.0 Å². The minimum atomic E-state index is -0.263. The number of carbonyl (C=O) groups excluding carboxylic acids is 1. The summed E-state index contributed by atoms with van der Waals surface area (Å²) in [5.74, 6) is 2.27. The minimum Gasteiger partial charge on any atom is -0.493 e. The first-order valence-electron chi connectivity index (χ1n) is 10.7. The van der Waals surface area contributed by atoms with Crippen LogP contribution in [-0.4, -0.2) is 26.8 Å². The van der Waals surface area contributed by atoms with Gasteiger partial charge in [-0.15, -0.1) is 0 Å². The summed E-state index contributed by atoms with van der Waals surface area (Å²) in [6.07, 6.45) is 4.79. The molecule has 5 nitrogen and oxygen atoms in total. The number of fused-ring (bicyclic) bond motifs is 1. The minimum absolute atomic E-state index is 0.221. The third-order valence-electron chi connectivity index (χ3n) is 7.01. The van der Waals surface area contributed by atoms with Crippen LogP contribution in [-0.2, 0) is 11.3 Å². The fraction of sp³-hybridized carbons (Fsp3) is 0.480. The summed E-state index contributed by atoms with van der Waals surface area (Å²) >= 11 is 0. The van der Waals surface area contributed by atoms with Crippen LogP contribution in [0.2, 0.25) is 0 Å². The quantitative estimate of drug-likeness (QED) is 0.528.